The van der Waals surface area contributed by atoms with E-state index in [0.29, 0.717) is 12.6 Å². The van der Waals surface area contributed by atoms with E-state index in [1.807, 2.05) is 23.0 Å². The van der Waals surface area contributed by atoms with E-state index in [9.17, 15) is 4.79 Å². The van der Waals surface area contributed by atoms with Crippen molar-refractivity contribution in [2.24, 2.45) is 0 Å². The maximum absolute atomic E-state index is 13.3. The molecule has 0 saturated carbocycles. The van der Waals surface area contributed by atoms with Gasteiger partial charge in [0.25, 0.3) is 5.56 Å². The lowest BCUT2D eigenvalue weighted by molar-refractivity contribution is 0.462. The molecule has 36 heavy (non-hydrogen) atoms. The van der Waals surface area contributed by atoms with Gasteiger partial charge < -0.3 is 5.32 Å². The Bertz CT molecular complexity index is 1520. The Kier molecular flexibility index (Phi) is 6.49. The number of fused-ring (bicyclic) bond motifs is 3. The van der Waals surface area contributed by atoms with Crippen molar-refractivity contribution in [2.75, 3.05) is 0 Å². The predicted octanol–water partition coefficient (Wildman–Crippen LogP) is 4.92. The van der Waals surface area contributed by atoms with E-state index in [4.69, 9.17) is 0 Å². The second kappa shape index (κ2) is 10.2. The number of rotatable bonds is 8. The molecule has 182 valence electrons. The lowest BCUT2D eigenvalue weighted by Crippen LogP contribution is -2.33. The van der Waals surface area contributed by atoms with Gasteiger partial charge in [0, 0.05) is 36.4 Å². The lowest BCUT2D eigenvalue weighted by atomic mass is 9.93. The van der Waals surface area contributed by atoms with Crippen molar-refractivity contribution in [3.63, 3.8) is 0 Å². The molecule has 0 aliphatic heterocycles. The van der Waals surface area contributed by atoms with Crippen molar-refractivity contribution in [2.45, 2.75) is 51.2 Å². The zero-order chi connectivity index (χ0) is 24.3. The molecular formula is C29H29N5OS. The highest BCUT2D eigenvalue weighted by Crippen LogP contribution is 2.33. The molecule has 1 atom stereocenters. The largest absolute Gasteiger partial charge is 0.310 e. The predicted molar refractivity (Wildman–Crippen MR) is 145 cm³/mol. The van der Waals surface area contributed by atoms with Crippen molar-refractivity contribution in [1.82, 2.24) is 24.6 Å². The number of aromatic nitrogens is 4. The molecule has 0 bridgehead atoms. The van der Waals surface area contributed by atoms with E-state index in [1.54, 1.807) is 28.4 Å². The Labute approximate surface area is 214 Å². The van der Waals surface area contributed by atoms with Gasteiger partial charge in [-0.2, -0.15) is 5.10 Å². The minimum atomic E-state index is 0.118. The molecule has 1 aliphatic rings. The second-order valence-corrected chi connectivity index (χ2v) is 10.5. The number of hydrogen-bond donors (Lipinski definition) is 1. The molecule has 0 radical (unpaired) electrons. The van der Waals surface area contributed by atoms with Gasteiger partial charge in [0.05, 0.1) is 17.4 Å². The van der Waals surface area contributed by atoms with Gasteiger partial charge in [0.2, 0.25) is 0 Å². The van der Waals surface area contributed by atoms with Gasteiger partial charge in [-0.15, -0.1) is 11.3 Å². The van der Waals surface area contributed by atoms with Crippen LogP contribution in [0.1, 0.15) is 34.4 Å². The number of aryl methyl sites for hydroxylation is 3. The van der Waals surface area contributed by atoms with Crippen LogP contribution in [-0.2, 0) is 32.4 Å². The van der Waals surface area contributed by atoms with Gasteiger partial charge >= 0.3 is 0 Å². The number of thiophene rings is 1. The number of nitrogens with zero attached hydrogens (tertiary/aromatic N) is 4. The quantitative estimate of drug-likeness (QED) is 0.332. The van der Waals surface area contributed by atoms with Crippen molar-refractivity contribution in [3.8, 4) is 5.69 Å². The van der Waals surface area contributed by atoms with Gasteiger partial charge in [0.1, 0.15) is 4.83 Å². The molecule has 6 rings (SSSR count). The van der Waals surface area contributed by atoms with E-state index in [1.165, 1.54) is 21.6 Å². The highest BCUT2D eigenvalue weighted by molar-refractivity contribution is 7.18. The summed E-state index contributed by atoms with van der Waals surface area (Å²) in [5, 5.41) is 8.92. The van der Waals surface area contributed by atoms with Gasteiger partial charge in [-0.25, -0.2) is 9.67 Å². The summed E-state index contributed by atoms with van der Waals surface area (Å²) >= 11 is 1.69. The molecule has 3 heterocycles. The monoisotopic (exact) mass is 495 g/mol. The summed E-state index contributed by atoms with van der Waals surface area (Å²) in [7, 11) is 0. The summed E-state index contributed by atoms with van der Waals surface area (Å²) in [5.41, 5.74) is 4.96. The van der Waals surface area contributed by atoms with E-state index in [2.05, 4.69) is 63.9 Å². The van der Waals surface area contributed by atoms with Crippen LogP contribution in [0.25, 0.3) is 15.9 Å². The third-order valence-corrected chi connectivity index (χ3v) is 8.18. The zero-order valence-corrected chi connectivity index (χ0v) is 21.0. The molecule has 0 amide bonds. The van der Waals surface area contributed by atoms with E-state index in [-0.39, 0.29) is 5.56 Å². The number of nitrogens with one attached hydrogen (secondary N) is 1. The molecule has 2 aromatic carbocycles. The van der Waals surface area contributed by atoms with Gasteiger partial charge in [-0.05, 0) is 67.0 Å². The summed E-state index contributed by atoms with van der Waals surface area (Å²) in [4.78, 5) is 20.2. The fourth-order valence-electron chi connectivity index (χ4n) is 5.13. The summed E-state index contributed by atoms with van der Waals surface area (Å²) in [6, 6.07) is 21.2. The van der Waals surface area contributed by atoms with Gasteiger partial charge in [0.15, 0.2) is 0 Å². The first-order valence-electron chi connectivity index (χ1n) is 12.6. The first-order chi connectivity index (χ1) is 17.7. The molecule has 0 spiro atoms. The van der Waals surface area contributed by atoms with Crippen LogP contribution in [0.4, 0.5) is 0 Å². The number of hydrogen-bond acceptors (Lipinski definition) is 5. The molecule has 1 unspecified atom stereocenters. The highest BCUT2D eigenvalue weighted by Gasteiger charge is 2.25. The molecule has 1 aliphatic carbocycles. The SMILES string of the molecule is O=c1c2c3c(sc2ncn1CCCc1ccccc1)CC(NCc1cccc(-n2cccn2)c1)CC3. The van der Waals surface area contributed by atoms with Gasteiger partial charge in [-0.1, -0.05) is 42.5 Å². The Morgan fingerprint density at radius 3 is 2.81 bits per heavy atom. The molecule has 6 nitrogen and oxygen atoms in total. The molecule has 0 saturated heterocycles. The summed E-state index contributed by atoms with van der Waals surface area (Å²) in [5.74, 6) is 0. The highest BCUT2D eigenvalue weighted by atomic mass is 32.1. The van der Waals surface area contributed by atoms with E-state index >= 15 is 0 Å². The van der Waals surface area contributed by atoms with Crippen LogP contribution in [0.2, 0.25) is 0 Å². The molecule has 7 heteroatoms. The van der Waals surface area contributed by atoms with Crippen molar-refractivity contribution in [3.05, 3.63) is 111 Å². The van der Waals surface area contributed by atoms with Crippen LogP contribution in [0.3, 0.4) is 0 Å². The average Bonchev–Trinajstić information content (AvgIpc) is 3.58. The Hall–Kier alpha value is -3.55. The average molecular weight is 496 g/mol. The lowest BCUT2D eigenvalue weighted by Gasteiger charge is -2.23. The summed E-state index contributed by atoms with van der Waals surface area (Å²) in [6.07, 6.45) is 10.3. The Morgan fingerprint density at radius 1 is 1.06 bits per heavy atom. The fraction of sp³-hybridized carbons (Fsp3) is 0.276. The third kappa shape index (κ3) is 4.76. The zero-order valence-electron chi connectivity index (χ0n) is 20.1. The first kappa shape index (κ1) is 22.9. The van der Waals surface area contributed by atoms with Crippen molar-refractivity contribution >= 4 is 21.6 Å². The fourth-order valence-corrected chi connectivity index (χ4v) is 6.38. The standard InChI is InChI=1S/C29H29N5OS/c35-29-27-25-13-12-23(30-19-22-9-4-11-24(17-22)34-16-6-14-32-34)18-26(25)36-28(27)31-20-33(29)15-5-10-21-7-2-1-3-8-21/h1-4,6-9,11,14,16-17,20,23,30H,5,10,12-13,15,18-19H2. The summed E-state index contributed by atoms with van der Waals surface area (Å²) in [6.45, 7) is 1.51. The first-order valence-corrected chi connectivity index (χ1v) is 13.4. The smallest absolute Gasteiger partial charge is 0.262 e. The maximum atomic E-state index is 13.3. The molecule has 1 N–H and O–H groups in total. The third-order valence-electron chi connectivity index (χ3n) is 7.02. The van der Waals surface area contributed by atoms with Crippen LogP contribution in [0.15, 0.2) is 84.2 Å². The van der Waals surface area contributed by atoms with Crippen molar-refractivity contribution in [1.29, 1.82) is 0 Å². The Morgan fingerprint density at radius 2 is 1.94 bits per heavy atom. The molecule has 5 aromatic rings. The second-order valence-electron chi connectivity index (χ2n) is 9.46. The molecular weight excluding hydrogens is 466 g/mol. The van der Waals surface area contributed by atoms with Crippen LogP contribution < -0.4 is 10.9 Å². The van der Waals surface area contributed by atoms with E-state index < -0.39 is 0 Å². The maximum Gasteiger partial charge on any atom is 0.262 e. The summed E-state index contributed by atoms with van der Waals surface area (Å²) < 4.78 is 3.68. The minimum Gasteiger partial charge on any atom is -0.310 e. The van der Waals surface area contributed by atoms with Crippen LogP contribution in [-0.4, -0.2) is 25.4 Å². The molecule has 0 fully saturated rings. The molecule has 3 aromatic heterocycles. The van der Waals surface area contributed by atoms with Gasteiger partial charge in [-0.3, -0.25) is 9.36 Å². The van der Waals surface area contributed by atoms with Crippen LogP contribution in [0.5, 0.6) is 0 Å². The van der Waals surface area contributed by atoms with Crippen molar-refractivity contribution < 1.29 is 0 Å². The minimum absolute atomic E-state index is 0.118. The van der Waals surface area contributed by atoms with E-state index in [0.717, 1.165) is 54.6 Å². The van der Waals surface area contributed by atoms with Crippen LogP contribution >= 0.6 is 11.3 Å². The Balaban J connectivity index is 1.12. The van der Waals surface area contributed by atoms with Crippen LogP contribution in [0, 0.1) is 0 Å². The normalized spacial score (nSPS) is 15.3. The number of benzene rings is 2. The topological polar surface area (TPSA) is 64.7 Å².